The average Bonchev–Trinajstić information content (AvgIpc) is 2.52. The quantitative estimate of drug-likeness (QED) is 0.597. The maximum Gasteiger partial charge on any atom is 0.311 e. The van der Waals surface area contributed by atoms with Crippen molar-refractivity contribution in [3.05, 3.63) is 11.1 Å². The highest BCUT2D eigenvalue weighted by Crippen LogP contribution is 2.11. The standard InChI is InChI=1S/C9H14N2O2S/c1-2-3-4-13-8(12)5-7-6-14-9(10)11-7/h6H,2-5H2,1H3,(H2,10,11). The number of rotatable bonds is 5. The van der Waals surface area contributed by atoms with Crippen LogP contribution in [-0.2, 0) is 16.0 Å². The van der Waals surface area contributed by atoms with Crippen LogP contribution in [0.2, 0.25) is 0 Å². The van der Waals surface area contributed by atoms with E-state index in [4.69, 9.17) is 10.5 Å². The molecule has 5 heteroatoms. The molecule has 0 unspecified atom stereocenters. The van der Waals surface area contributed by atoms with Crippen LogP contribution in [0.25, 0.3) is 0 Å². The van der Waals surface area contributed by atoms with Gasteiger partial charge in [0.15, 0.2) is 5.13 Å². The molecule has 0 amide bonds. The highest BCUT2D eigenvalue weighted by molar-refractivity contribution is 7.13. The topological polar surface area (TPSA) is 65.2 Å². The lowest BCUT2D eigenvalue weighted by molar-refractivity contribution is -0.142. The number of aromatic nitrogens is 1. The normalized spacial score (nSPS) is 10.1. The first kappa shape index (κ1) is 11.0. The second-order valence-corrected chi connectivity index (χ2v) is 3.82. The molecule has 0 aromatic carbocycles. The van der Waals surface area contributed by atoms with E-state index >= 15 is 0 Å². The molecule has 0 spiro atoms. The Morgan fingerprint density at radius 1 is 1.71 bits per heavy atom. The number of thiazole rings is 1. The third kappa shape index (κ3) is 3.74. The van der Waals surface area contributed by atoms with E-state index in [-0.39, 0.29) is 12.4 Å². The summed E-state index contributed by atoms with van der Waals surface area (Å²) in [5, 5.41) is 2.26. The van der Waals surface area contributed by atoms with Gasteiger partial charge in [0, 0.05) is 5.38 Å². The Hall–Kier alpha value is -1.10. The summed E-state index contributed by atoms with van der Waals surface area (Å²) in [6.07, 6.45) is 2.15. The van der Waals surface area contributed by atoms with Crippen LogP contribution in [0.3, 0.4) is 0 Å². The van der Waals surface area contributed by atoms with Crippen molar-refractivity contribution < 1.29 is 9.53 Å². The van der Waals surface area contributed by atoms with Crippen molar-refractivity contribution in [3.8, 4) is 0 Å². The molecule has 0 bridgehead atoms. The van der Waals surface area contributed by atoms with Gasteiger partial charge in [-0.2, -0.15) is 0 Å². The van der Waals surface area contributed by atoms with E-state index in [1.807, 2.05) is 0 Å². The third-order valence-electron chi connectivity index (χ3n) is 1.66. The highest BCUT2D eigenvalue weighted by Gasteiger charge is 2.07. The van der Waals surface area contributed by atoms with Gasteiger partial charge in [-0.3, -0.25) is 4.79 Å². The average molecular weight is 214 g/mol. The number of esters is 1. The number of ether oxygens (including phenoxy) is 1. The summed E-state index contributed by atoms with van der Waals surface area (Å²) in [5.41, 5.74) is 6.12. The molecule has 0 aliphatic heterocycles. The van der Waals surface area contributed by atoms with Gasteiger partial charge in [-0.25, -0.2) is 4.98 Å². The van der Waals surface area contributed by atoms with E-state index in [0.29, 0.717) is 17.4 Å². The van der Waals surface area contributed by atoms with Gasteiger partial charge >= 0.3 is 5.97 Å². The number of carbonyl (C=O) groups excluding carboxylic acids is 1. The first-order chi connectivity index (χ1) is 6.72. The van der Waals surface area contributed by atoms with Crippen molar-refractivity contribution in [1.82, 2.24) is 4.98 Å². The molecule has 1 heterocycles. The highest BCUT2D eigenvalue weighted by atomic mass is 32.1. The molecular formula is C9H14N2O2S. The van der Waals surface area contributed by atoms with Gasteiger partial charge in [-0.1, -0.05) is 13.3 Å². The lowest BCUT2D eigenvalue weighted by Gasteiger charge is -2.01. The van der Waals surface area contributed by atoms with Crippen LogP contribution < -0.4 is 5.73 Å². The molecule has 0 radical (unpaired) electrons. The predicted octanol–water partition coefficient (Wildman–Crippen LogP) is 1.61. The van der Waals surface area contributed by atoms with E-state index in [9.17, 15) is 4.79 Å². The minimum absolute atomic E-state index is 0.220. The SMILES string of the molecule is CCCCOC(=O)Cc1csc(N)n1. The predicted molar refractivity (Wildman–Crippen MR) is 56.1 cm³/mol. The maximum atomic E-state index is 11.2. The van der Waals surface area contributed by atoms with Gasteiger partial charge in [0.25, 0.3) is 0 Å². The van der Waals surface area contributed by atoms with Crippen LogP contribution in [-0.4, -0.2) is 17.6 Å². The molecule has 0 saturated carbocycles. The van der Waals surface area contributed by atoms with Crippen LogP contribution in [0.4, 0.5) is 5.13 Å². The van der Waals surface area contributed by atoms with Crippen molar-refractivity contribution >= 4 is 22.4 Å². The van der Waals surface area contributed by atoms with Crippen LogP contribution in [0.1, 0.15) is 25.5 Å². The van der Waals surface area contributed by atoms with Crippen LogP contribution in [0.5, 0.6) is 0 Å². The lowest BCUT2D eigenvalue weighted by Crippen LogP contribution is -2.09. The van der Waals surface area contributed by atoms with E-state index in [0.717, 1.165) is 12.8 Å². The van der Waals surface area contributed by atoms with E-state index < -0.39 is 0 Å². The second kappa shape index (κ2) is 5.59. The molecule has 1 aromatic heterocycles. The Labute approximate surface area is 87.1 Å². The summed E-state index contributed by atoms with van der Waals surface area (Å²) in [5.74, 6) is -0.233. The van der Waals surface area contributed by atoms with Crippen LogP contribution in [0.15, 0.2) is 5.38 Å². The van der Waals surface area contributed by atoms with Crippen LogP contribution >= 0.6 is 11.3 Å². The first-order valence-corrected chi connectivity index (χ1v) is 5.46. The van der Waals surface area contributed by atoms with Crippen molar-refractivity contribution in [2.45, 2.75) is 26.2 Å². The number of carbonyl (C=O) groups is 1. The lowest BCUT2D eigenvalue weighted by atomic mass is 10.3. The number of nitrogen functional groups attached to an aromatic ring is 1. The Morgan fingerprint density at radius 2 is 2.50 bits per heavy atom. The summed E-state index contributed by atoms with van der Waals surface area (Å²) >= 11 is 1.33. The summed E-state index contributed by atoms with van der Waals surface area (Å²) in [6, 6.07) is 0. The number of nitrogens with zero attached hydrogens (tertiary/aromatic N) is 1. The molecule has 1 rings (SSSR count). The number of hydrogen-bond acceptors (Lipinski definition) is 5. The van der Waals surface area contributed by atoms with Crippen molar-refractivity contribution in [2.75, 3.05) is 12.3 Å². The summed E-state index contributed by atoms with van der Waals surface area (Å²) in [4.78, 5) is 15.2. The van der Waals surface area contributed by atoms with Gasteiger partial charge < -0.3 is 10.5 Å². The van der Waals surface area contributed by atoms with Crippen molar-refractivity contribution in [3.63, 3.8) is 0 Å². The summed E-state index contributed by atoms with van der Waals surface area (Å²) in [7, 11) is 0. The fourth-order valence-corrected chi connectivity index (χ4v) is 1.50. The minimum atomic E-state index is -0.233. The number of unbranched alkanes of at least 4 members (excludes halogenated alkanes) is 1. The largest absolute Gasteiger partial charge is 0.465 e. The number of nitrogens with two attached hydrogens (primary N) is 1. The van der Waals surface area contributed by atoms with Gasteiger partial charge in [0.05, 0.1) is 18.7 Å². The van der Waals surface area contributed by atoms with E-state index in [1.54, 1.807) is 5.38 Å². The Bertz CT molecular complexity index is 299. The molecule has 78 valence electrons. The molecule has 4 nitrogen and oxygen atoms in total. The Balaban J connectivity index is 2.27. The molecule has 0 fully saturated rings. The van der Waals surface area contributed by atoms with Gasteiger partial charge in [0.1, 0.15) is 0 Å². The number of anilines is 1. The minimum Gasteiger partial charge on any atom is -0.465 e. The molecule has 0 atom stereocenters. The third-order valence-corrected chi connectivity index (χ3v) is 2.38. The fraction of sp³-hybridized carbons (Fsp3) is 0.556. The van der Waals surface area contributed by atoms with E-state index in [1.165, 1.54) is 11.3 Å². The van der Waals surface area contributed by atoms with Crippen molar-refractivity contribution in [2.24, 2.45) is 0 Å². The molecule has 1 aromatic rings. The second-order valence-electron chi connectivity index (χ2n) is 2.93. The van der Waals surface area contributed by atoms with Gasteiger partial charge in [-0.15, -0.1) is 11.3 Å². The number of hydrogen-bond donors (Lipinski definition) is 1. The fourth-order valence-electron chi connectivity index (χ4n) is 0.933. The summed E-state index contributed by atoms with van der Waals surface area (Å²) < 4.78 is 4.98. The Kier molecular flexibility index (Phi) is 4.39. The summed E-state index contributed by atoms with van der Waals surface area (Å²) in [6.45, 7) is 2.55. The smallest absolute Gasteiger partial charge is 0.311 e. The molecule has 14 heavy (non-hydrogen) atoms. The zero-order valence-electron chi connectivity index (χ0n) is 8.16. The van der Waals surface area contributed by atoms with Gasteiger partial charge in [0.2, 0.25) is 0 Å². The molecule has 0 aliphatic carbocycles. The Morgan fingerprint density at radius 3 is 3.07 bits per heavy atom. The molecular weight excluding hydrogens is 200 g/mol. The van der Waals surface area contributed by atoms with Crippen molar-refractivity contribution in [1.29, 1.82) is 0 Å². The van der Waals surface area contributed by atoms with Gasteiger partial charge in [-0.05, 0) is 6.42 Å². The molecule has 0 aliphatic rings. The molecule has 0 saturated heterocycles. The maximum absolute atomic E-state index is 11.2. The molecule has 2 N–H and O–H groups in total. The zero-order chi connectivity index (χ0) is 10.4. The first-order valence-electron chi connectivity index (χ1n) is 4.58. The van der Waals surface area contributed by atoms with E-state index in [2.05, 4.69) is 11.9 Å². The monoisotopic (exact) mass is 214 g/mol. The zero-order valence-corrected chi connectivity index (χ0v) is 8.97. The van der Waals surface area contributed by atoms with Crippen LogP contribution in [0, 0.1) is 0 Å².